The number of nitrogens with zero attached hydrogens (tertiary/aromatic N) is 1. The lowest BCUT2D eigenvalue weighted by Gasteiger charge is -2.29. The van der Waals surface area contributed by atoms with Crippen LogP contribution in [0.25, 0.3) is 0 Å². The van der Waals surface area contributed by atoms with Gasteiger partial charge in [-0.3, -0.25) is 9.59 Å². The predicted octanol–water partition coefficient (Wildman–Crippen LogP) is 4.62. The van der Waals surface area contributed by atoms with E-state index < -0.39 is 6.04 Å². The highest BCUT2D eigenvalue weighted by atomic mass is 35.5. The van der Waals surface area contributed by atoms with E-state index in [0.29, 0.717) is 22.2 Å². The Kier molecular flexibility index (Phi) is 8.27. The fraction of sp³-hybridized carbons (Fsp3) is 0.333. The van der Waals surface area contributed by atoms with E-state index in [0.717, 1.165) is 12.0 Å². The van der Waals surface area contributed by atoms with Crippen molar-refractivity contribution in [3.8, 4) is 0 Å². The molecule has 28 heavy (non-hydrogen) atoms. The molecule has 2 rings (SSSR count). The lowest BCUT2D eigenvalue weighted by Crippen LogP contribution is -2.48. The number of benzene rings is 2. The normalized spacial score (nSPS) is 11.8. The summed E-state index contributed by atoms with van der Waals surface area (Å²) in [4.78, 5) is 27.0. The summed E-state index contributed by atoms with van der Waals surface area (Å²) in [6.45, 7) is 4.31. The van der Waals surface area contributed by atoms with Gasteiger partial charge in [0.2, 0.25) is 11.8 Å². The molecule has 0 bridgehead atoms. The largest absolute Gasteiger partial charge is 0.354 e. The van der Waals surface area contributed by atoms with Gasteiger partial charge in [0.25, 0.3) is 0 Å². The maximum Gasteiger partial charge on any atom is 0.242 e. The van der Waals surface area contributed by atoms with Crippen LogP contribution in [0.3, 0.4) is 0 Å². The summed E-state index contributed by atoms with van der Waals surface area (Å²) in [5, 5.41) is 3.59. The van der Waals surface area contributed by atoms with Gasteiger partial charge in [-0.1, -0.05) is 48.3 Å². The van der Waals surface area contributed by atoms with Crippen LogP contribution in [0.1, 0.15) is 31.4 Å². The zero-order chi connectivity index (χ0) is 20.7. The lowest BCUT2D eigenvalue weighted by molar-refractivity contribution is -0.140. The summed E-state index contributed by atoms with van der Waals surface area (Å²) in [7, 11) is 0. The quantitative estimate of drug-likeness (QED) is 0.671. The Morgan fingerprint density at radius 2 is 1.71 bits per heavy atom. The van der Waals surface area contributed by atoms with Gasteiger partial charge in [0, 0.05) is 23.1 Å². The average molecular weight is 425 g/mol. The minimum atomic E-state index is -0.703. The molecule has 0 unspecified atom stereocenters. The van der Waals surface area contributed by atoms with Crippen LogP contribution in [-0.4, -0.2) is 29.3 Å². The third-order valence-corrected chi connectivity index (χ3v) is 5.08. The molecule has 7 heteroatoms. The molecule has 2 aromatic rings. The number of halogens is 3. The minimum Gasteiger partial charge on any atom is -0.354 e. The van der Waals surface area contributed by atoms with Crippen molar-refractivity contribution in [2.75, 3.05) is 6.54 Å². The molecule has 2 aromatic carbocycles. The van der Waals surface area contributed by atoms with Crippen LogP contribution in [0, 0.1) is 5.82 Å². The first-order valence-electron chi connectivity index (χ1n) is 9.08. The van der Waals surface area contributed by atoms with Crippen molar-refractivity contribution in [1.29, 1.82) is 0 Å². The highest BCUT2D eigenvalue weighted by Gasteiger charge is 2.27. The van der Waals surface area contributed by atoms with Crippen LogP contribution in [0.4, 0.5) is 4.39 Å². The highest BCUT2D eigenvalue weighted by Crippen LogP contribution is 2.26. The second kappa shape index (κ2) is 10.4. The Bertz CT molecular complexity index is 807. The van der Waals surface area contributed by atoms with Crippen molar-refractivity contribution < 1.29 is 14.0 Å². The number of hydrogen-bond donors (Lipinski definition) is 1. The van der Waals surface area contributed by atoms with Crippen LogP contribution < -0.4 is 5.32 Å². The number of carbonyl (C=O) groups excluding carboxylic acids is 2. The fourth-order valence-electron chi connectivity index (χ4n) is 2.72. The first-order chi connectivity index (χ1) is 13.3. The van der Waals surface area contributed by atoms with E-state index in [2.05, 4.69) is 5.32 Å². The van der Waals surface area contributed by atoms with Gasteiger partial charge >= 0.3 is 0 Å². The van der Waals surface area contributed by atoms with Crippen molar-refractivity contribution in [2.24, 2.45) is 0 Å². The Morgan fingerprint density at radius 3 is 2.29 bits per heavy atom. The predicted molar refractivity (Wildman–Crippen MR) is 110 cm³/mol. The molecule has 1 N–H and O–H groups in total. The summed E-state index contributed by atoms with van der Waals surface area (Å²) in [6.07, 6.45) is 0.755. The Morgan fingerprint density at radius 1 is 1.11 bits per heavy atom. The zero-order valence-electron chi connectivity index (χ0n) is 15.8. The van der Waals surface area contributed by atoms with Crippen LogP contribution in [0.5, 0.6) is 0 Å². The third kappa shape index (κ3) is 5.94. The van der Waals surface area contributed by atoms with Crippen molar-refractivity contribution in [2.45, 2.75) is 39.3 Å². The molecule has 0 aromatic heterocycles. The van der Waals surface area contributed by atoms with Gasteiger partial charge in [0.1, 0.15) is 11.9 Å². The van der Waals surface area contributed by atoms with Gasteiger partial charge in [-0.25, -0.2) is 4.39 Å². The molecule has 0 heterocycles. The fourth-order valence-corrected chi connectivity index (χ4v) is 3.25. The topological polar surface area (TPSA) is 49.4 Å². The third-order valence-electron chi connectivity index (χ3n) is 4.37. The van der Waals surface area contributed by atoms with E-state index in [1.807, 2.05) is 6.92 Å². The number of nitrogens with one attached hydrogen (secondary N) is 1. The van der Waals surface area contributed by atoms with E-state index in [9.17, 15) is 14.0 Å². The molecular weight excluding hydrogens is 402 g/mol. The molecule has 2 amide bonds. The number of hydrogen-bond acceptors (Lipinski definition) is 2. The second-order valence-corrected chi connectivity index (χ2v) is 7.31. The van der Waals surface area contributed by atoms with E-state index in [4.69, 9.17) is 23.2 Å². The average Bonchev–Trinajstić information content (AvgIpc) is 2.67. The number of amides is 2. The van der Waals surface area contributed by atoms with Crippen molar-refractivity contribution >= 4 is 35.0 Å². The van der Waals surface area contributed by atoms with E-state index >= 15 is 0 Å². The molecule has 0 aliphatic heterocycles. The lowest BCUT2D eigenvalue weighted by atomic mass is 10.1. The van der Waals surface area contributed by atoms with Crippen LogP contribution in [0.15, 0.2) is 42.5 Å². The number of carbonyl (C=O) groups is 2. The Balaban J connectivity index is 2.26. The summed E-state index contributed by atoms with van der Waals surface area (Å²) in [5.74, 6) is -0.903. The second-order valence-electron chi connectivity index (χ2n) is 6.49. The van der Waals surface area contributed by atoms with Crippen LogP contribution in [0.2, 0.25) is 10.0 Å². The molecule has 0 aliphatic carbocycles. The minimum absolute atomic E-state index is 0.0366. The first-order valence-corrected chi connectivity index (χ1v) is 9.83. The summed E-state index contributed by atoms with van der Waals surface area (Å²) in [6, 6.07) is 10.2. The van der Waals surface area contributed by atoms with Gasteiger partial charge in [-0.2, -0.15) is 0 Å². The van der Waals surface area contributed by atoms with Gasteiger partial charge in [-0.15, -0.1) is 0 Å². The van der Waals surface area contributed by atoms with E-state index in [1.165, 1.54) is 17.0 Å². The summed E-state index contributed by atoms with van der Waals surface area (Å²) in [5.41, 5.74) is 1.23. The Labute approximate surface area is 174 Å². The molecule has 0 saturated heterocycles. The molecule has 1 atom stereocenters. The maximum atomic E-state index is 13.2. The monoisotopic (exact) mass is 424 g/mol. The molecule has 0 spiro atoms. The number of rotatable bonds is 8. The highest BCUT2D eigenvalue weighted by molar-refractivity contribution is 6.36. The molecule has 0 radical (unpaired) electrons. The summed E-state index contributed by atoms with van der Waals surface area (Å²) >= 11 is 12.4. The van der Waals surface area contributed by atoms with Gasteiger partial charge in [0.05, 0.1) is 6.42 Å². The molecule has 0 fully saturated rings. The molecule has 150 valence electrons. The smallest absolute Gasteiger partial charge is 0.242 e. The van der Waals surface area contributed by atoms with Gasteiger partial charge < -0.3 is 10.2 Å². The van der Waals surface area contributed by atoms with Crippen molar-refractivity contribution in [3.63, 3.8) is 0 Å². The van der Waals surface area contributed by atoms with E-state index in [-0.39, 0.29) is 30.6 Å². The van der Waals surface area contributed by atoms with E-state index in [1.54, 1.807) is 37.3 Å². The molecule has 0 saturated carbocycles. The van der Waals surface area contributed by atoms with Crippen molar-refractivity contribution in [1.82, 2.24) is 10.2 Å². The Hall–Kier alpha value is -2.11. The van der Waals surface area contributed by atoms with Crippen LogP contribution >= 0.6 is 23.2 Å². The summed E-state index contributed by atoms with van der Waals surface area (Å²) < 4.78 is 13.2. The molecular formula is C21H23Cl2FN2O2. The maximum absolute atomic E-state index is 13.2. The molecule has 0 aliphatic rings. The zero-order valence-corrected chi connectivity index (χ0v) is 17.4. The molecule has 4 nitrogen and oxygen atoms in total. The van der Waals surface area contributed by atoms with Gasteiger partial charge in [0.15, 0.2) is 0 Å². The first kappa shape index (κ1) is 22.2. The SMILES string of the molecule is CCCNC(=O)[C@@H](C)N(Cc1ccc(F)cc1)C(=O)Cc1c(Cl)cccc1Cl. The standard InChI is InChI=1S/C21H23Cl2FN2O2/c1-3-11-25-21(28)14(2)26(13-15-7-9-16(24)10-8-15)20(27)12-17-18(22)5-4-6-19(17)23/h4-10,14H,3,11-13H2,1-2H3,(H,25,28)/t14-/m1/s1. The van der Waals surface area contributed by atoms with Crippen molar-refractivity contribution in [3.05, 3.63) is 69.5 Å². The van der Waals surface area contributed by atoms with Gasteiger partial charge in [-0.05, 0) is 48.7 Å². The van der Waals surface area contributed by atoms with Crippen LogP contribution in [-0.2, 0) is 22.6 Å².